The lowest BCUT2D eigenvalue weighted by Crippen LogP contribution is -2.39. The topological polar surface area (TPSA) is 115 Å². The van der Waals surface area contributed by atoms with Crippen molar-refractivity contribution < 1.29 is 28.6 Å². The third kappa shape index (κ3) is 5.53. The molecule has 8 heteroatoms. The standard InChI is InChI=1S/C28H31NO7/c1-16-24(35-17(2)27(31)29-15-18-4-6-20(7-5-18)28(32)33)13-12-22-23(14-25(30)36-26(16)22)19-8-10-21(34-3)11-9-19/h8-14,17-18,20H,4-7,15H2,1-3H3,(H,29,31)(H,32,33)/t17-,18?,20?/m1/s1. The maximum Gasteiger partial charge on any atom is 0.336 e. The van der Waals surface area contributed by atoms with Crippen LogP contribution in [0.15, 0.2) is 51.7 Å². The van der Waals surface area contributed by atoms with Gasteiger partial charge in [-0.2, -0.15) is 0 Å². The molecule has 4 rings (SSSR count). The molecule has 2 aromatic carbocycles. The fourth-order valence-corrected chi connectivity index (χ4v) is 4.73. The summed E-state index contributed by atoms with van der Waals surface area (Å²) in [5, 5.41) is 12.8. The highest BCUT2D eigenvalue weighted by Crippen LogP contribution is 2.34. The smallest absolute Gasteiger partial charge is 0.336 e. The molecule has 2 N–H and O–H groups in total. The van der Waals surface area contributed by atoms with Crippen molar-refractivity contribution in [2.75, 3.05) is 13.7 Å². The zero-order valence-electron chi connectivity index (χ0n) is 20.7. The van der Waals surface area contributed by atoms with Crippen molar-refractivity contribution >= 4 is 22.8 Å². The number of methoxy groups -OCH3 is 1. The van der Waals surface area contributed by atoms with Crippen LogP contribution in [0.3, 0.4) is 0 Å². The quantitative estimate of drug-likeness (QED) is 0.442. The molecule has 0 aliphatic heterocycles. The van der Waals surface area contributed by atoms with E-state index >= 15 is 0 Å². The van der Waals surface area contributed by atoms with E-state index in [-0.39, 0.29) is 17.7 Å². The Balaban J connectivity index is 1.46. The molecule has 1 saturated carbocycles. The second-order valence-corrected chi connectivity index (χ2v) is 9.33. The highest BCUT2D eigenvalue weighted by atomic mass is 16.5. The Morgan fingerprint density at radius 1 is 1.11 bits per heavy atom. The van der Waals surface area contributed by atoms with E-state index in [2.05, 4.69) is 5.32 Å². The molecule has 0 saturated heterocycles. The number of fused-ring (bicyclic) bond motifs is 1. The molecular weight excluding hydrogens is 462 g/mol. The van der Waals surface area contributed by atoms with Crippen molar-refractivity contribution in [3.8, 4) is 22.6 Å². The van der Waals surface area contributed by atoms with Crippen molar-refractivity contribution in [1.82, 2.24) is 5.32 Å². The van der Waals surface area contributed by atoms with E-state index in [0.29, 0.717) is 36.3 Å². The lowest BCUT2D eigenvalue weighted by atomic mass is 9.82. The number of hydrogen-bond donors (Lipinski definition) is 2. The predicted octanol–water partition coefficient (Wildman–Crippen LogP) is 4.55. The summed E-state index contributed by atoms with van der Waals surface area (Å²) in [4.78, 5) is 36.1. The molecule has 0 radical (unpaired) electrons. The molecule has 0 unspecified atom stereocenters. The average molecular weight is 494 g/mol. The summed E-state index contributed by atoms with van der Waals surface area (Å²) in [7, 11) is 1.60. The highest BCUT2D eigenvalue weighted by molar-refractivity contribution is 5.95. The Morgan fingerprint density at radius 3 is 2.44 bits per heavy atom. The minimum absolute atomic E-state index is 0.247. The van der Waals surface area contributed by atoms with E-state index < -0.39 is 17.7 Å². The van der Waals surface area contributed by atoms with Gasteiger partial charge >= 0.3 is 11.6 Å². The van der Waals surface area contributed by atoms with Gasteiger partial charge in [0.25, 0.3) is 5.91 Å². The van der Waals surface area contributed by atoms with Gasteiger partial charge in [0.15, 0.2) is 6.10 Å². The molecule has 1 atom stereocenters. The molecule has 1 fully saturated rings. The third-order valence-corrected chi connectivity index (χ3v) is 6.95. The van der Waals surface area contributed by atoms with Crippen molar-refractivity contribution in [3.63, 3.8) is 0 Å². The number of carbonyl (C=O) groups is 2. The lowest BCUT2D eigenvalue weighted by molar-refractivity contribution is -0.143. The van der Waals surface area contributed by atoms with Crippen LogP contribution in [0.2, 0.25) is 0 Å². The molecule has 0 bridgehead atoms. The zero-order valence-corrected chi connectivity index (χ0v) is 20.7. The summed E-state index contributed by atoms with van der Waals surface area (Å²) in [6, 6.07) is 12.5. The van der Waals surface area contributed by atoms with Crippen LogP contribution in [0.25, 0.3) is 22.1 Å². The minimum atomic E-state index is -0.756. The molecule has 1 aliphatic carbocycles. The number of hydrogen-bond acceptors (Lipinski definition) is 6. The Bertz CT molecular complexity index is 1300. The summed E-state index contributed by atoms with van der Waals surface area (Å²) in [5.41, 5.74) is 2.16. The molecule has 1 aromatic heterocycles. The van der Waals surface area contributed by atoms with Crippen molar-refractivity contribution in [2.24, 2.45) is 11.8 Å². The fraction of sp³-hybridized carbons (Fsp3) is 0.393. The number of aliphatic carboxylic acids is 1. The van der Waals surface area contributed by atoms with E-state index in [1.807, 2.05) is 30.3 Å². The van der Waals surface area contributed by atoms with Gasteiger partial charge in [-0.05, 0) is 80.8 Å². The second-order valence-electron chi connectivity index (χ2n) is 9.33. The predicted molar refractivity (Wildman–Crippen MR) is 135 cm³/mol. The van der Waals surface area contributed by atoms with Crippen LogP contribution in [-0.2, 0) is 9.59 Å². The molecule has 36 heavy (non-hydrogen) atoms. The van der Waals surface area contributed by atoms with Crippen molar-refractivity contribution in [3.05, 3.63) is 58.4 Å². The van der Waals surface area contributed by atoms with Gasteiger partial charge in [0, 0.05) is 23.6 Å². The number of rotatable bonds is 8. The fourth-order valence-electron chi connectivity index (χ4n) is 4.73. The number of carboxylic acid groups (broad SMARTS) is 1. The summed E-state index contributed by atoms with van der Waals surface area (Å²) in [6.45, 7) is 3.96. The summed E-state index contributed by atoms with van der Waals surface area (Å²) < 4.78 is 16.7. The van der Waals surface area contributed by atoms with E-state index in [1.165, 1.54) is 6.07 Å². The van der Waals surface area contributed by atoms with E-state index in [9.17, 15) is 14.4 Å². The third-order valence-electron chi connectivity index (χ3n) is 6.95. The minimum Gasteiger partial charge on any atom is -0.497 e. The highest BCUT2D eigenvalue weighted by Gasteiger charge is 2.27. The molecule has 8 nitrogen and oxygen atoms in total. The second kappa shape index (κ2) is 10.8. The summed E-state index contributed by atoms with van der Waals surface area (Å²) in [6.07, 6.45) is 2.09. The SMILES string of the molecule is COc1ccc(-c2cc(=O)oc3c(C)c(O[C@H](C)C(=O)NCC4CCC(C(=O)O)CC4)ccc23)cc1. The maximum absolute atomic E-state index is 12.7. The van der Waals surface area contributed by atoms with E-state index in [0.717, 1.165) is 35.1 Å². The molecule has 190 valence electrons. The lowest BCUT2D eigenvalue weighted by Gasteiger charge is -2.26. The van der Waals surface area contributed by atoms with Crippen LogP contribution in [0.4, 0.5) is 0 Å². The first-order valence-electron chi connectivity index (χ1n) is 12.2. The summed E-state index contributed by atoms with van der Waals surface area (Å²) >= 11 is 0. The van der Waals surface area contributed by atoms with Crippen molar-refractivity contribution in [2.45, 2.75) is 45.6 Å². The normalized spacial score (nSPS) is 18.4. The Kier molecular flexibility index (Phi) is 7.62. The number of aryl methyl sites for hydroxylation is 1. The van der Waals surface area contributed by atoms with Crippen LogP contribution >= 0.6 is 0 Å². The van der Waals surface area contributed by atoms with Crippen LogP contribution in [0.5, 0.6) is 11.5 Å². The van der Waals surface area contributed by atoms with Gasteiger partial charge in [-0.3, -0.25) is 9.59 Å². The number of benzene rings is 2. The molecule has 1 aliphatic rings. The number of amides is 1. The number of ether oxygens (including phenoxy) is 2. The van der Waals surface area contributed by atoms with Gasteiger partial charge in [-0.1, -0.05) is 12.1 Å². The number of nitrogens with one attached hydrogen (secondary N) is 1. The Labute approximate surface area is 209 Å². The molecular formula is C28H31NO7. The monoisotopic (exact) mass is 493 g/mol. The average Bonchev–Trinajstić information content (AvgIpc) is 2.89. The first-order chi connectivity index (χ1) is 17.3. The van der Waals surface area contributed by atoms with Gasteiger partial charge in [0.2, 0.25) is 0 Å². The molecule has 0 spiro atoms. The summed E-state index contributed by atoms with van der Waals surface area (Å²) in [5.74, 6) is 0.186. The number of carbonyl (C=O) groups excluding carboxylic acids is 1. The Morgan fingerprint density at radius 2 is 1.81 bits per heavy atom. The van der Waals surface area contributed by atoms with Crippen LogP contribution < -0.4 is 20.4 Å². The van der Waals surface area contributed by atoms with Crippen LogP contribution in [-0.4, -0.2) is 36.7 Å². The van der Waals surface area contributed by atoms with Gasteiger partial charge in [0.1, 0.15) is 17.1 Å². The first-order valence-corrected chi connectivity index (χ1v) is 12.2. The van der Waals surface area contributed by atoms with Gasteiger partial charge < -0.3 is 24.3 Å². The zero-order chi connectivity index (χ0) is 25.8. The molecule has 1 heterocycles. The van der Waals surface area contributed by atoms with Gasteiger partial charge in [-0.25, -0.2) is 4.79 Å². The maximum atomic E-state index is 12.7. The molecule has 3 aromatic rings. The van der Waals surface area contributed by atoms with Gasteiger partial charge in [-0.15, -0.1) is 0 Å². The first kappa shape index (κ1) is 25.3. The van der Waals surface area contributed by atoms with Crippen LogP contribution in [0, 0.1) is 18.8 Å². The van der Waals surface area contributed by atoms with Gasteiger partial charge in [0.05, 0.1) is 13.0 Å². The molecule has 1 amide bonds. The van der Waals surface area contributed by atoms with Crippen LogP contribution in [0.1, 0.15) is 38.2 Å². The Hall–Kier alpha value is -3.81. The largest absolute Gasteiger partial charge is 0.497 e. The van der Waals surface area contributed by atoms with E-state index in [1.54, 1.807) is 27.0 Å². The van der Waals surface area contributed by atoms with E-state index in [4.69, 9.17) is 19.0 Å². The number of carboxylic acids is 1. The van der Waals surface area contributed by atoms with Crippen molar-refractivity contribution in [1.29, 1.82) is 0 Å².